The minimum absolute atomic E-state index is 0.0688. The smallest absolute Gasteiger partial charge is 0.260 e. The predicted molar refractivity (Wildman–Crippen MR) is 68.7 cm³/mol. The second-order valence-electron chi connectivity index (χ2n) is 4.07. The number of para-hydroxylation sites is 1. The predicted octanol–water partition coefficient (Wildman–Crippen LogP) is 1.56. The molecule has 1 amide bonds. The van der Waals surface area contributed by atoms with Gasteiger partial charge in [0.15, 0.2) is 0 Å². The molecule has 2 N–H and O–H groups in total. The molecule has 1 aromatic heterocycles. The van der Waals surface area contributed by atoms with Crippen molar-refractivity contribution in [3.05, 3.63) is 41.1 Å². The maximum absolute atomic E-state index is 12.1. The van der Waals surface area contributed by atoms with Crippen LogP contribution in [0.2, 0.25) is 0 Å². The van der Waals surface area contributed by atoms with Crippen LogP contribution in [-0.2, 0) is 7.05 Å². The van der Waals surface area contributed by atoms with Crippen LogP contribution in [0.5, 0.6) is 5.75 Å². The van der Waals surface area contributed by atoms with Crippen LogP contribution in [0.1, 0.15) is 21.5 Å². The van der Waals surface area contributed by atoms with Crippen molar-refractivity contribution in [2.45, 2.75) is 6.92 Å². The van der Waals surface area contributed by atoms with Crippen LogP contribution in [0, 0.1) is 18.3 Å². The maximum Gasteiger partial charge on any atom is 0.260 e. The summed E-state index contributed by atoms with van der Waals surface area (Å²) in [7, 11) is 1.62. The Bertz CT molecular complexity index is 682. The van der Waals surface area contributed by atoms with E-state index in [1.54, 1.807) is 26.1 Å². The Morgan fingerprint density at radius 3 is 2.95 bits per heavy atom. The van der Waals surface area contributed by atoms with Crippen molar-refractivity contribution in [2.75, 3.05) is 5.32 Å². The molecule has 6 nitrogen and oxygen atoms in total. The Hall–Kier alpha value is -2.81. The second kappa shape index (κ2) is 4.82. The fourth-order valence-electron chi connectivity index (χ4n) is 1.68. The van der Waals surface area contributed by atoms with E-state index in [0.29, 0.717) is 11.4 Å². The van der Waals surface area contributed by atoms with Gasteiger partial charge >= 0.3 is 0 Å². The van der Waals surface area contributed by atoms with Gasteiger partial charge in [-0.25, -0.2) is 0 Å². The first-order chi connectivity index (χ1) is 9.04. The third-order valence-electron chi connectivity index (χ3n) is 2.77. The summed E-state index contributed by atoms with van der Waals surface area (Å²) >= 11 is 0. The first kappa shape index (κ1) is 12.6. The number of nitriles is 1. The quantitative estimate of drug-likeness (QED) is 0.853. The van der Waals surface area contributed by atoms with Crippen LogP contribution in [0.25, 0.3) is 0 Å². The number of aromatic hydroxyl groups is 1. The van der Waals surface area contributed by atoms with E-state index in [1.807, 2.05) is 6.07 Å². The average Bonchev–Trinajstić information content (AvgIpc) is 2.74. The van der Waals surface area contributed by atoms with Gasteiger partial charge in [0.2, 0.25) is 0 Å². The summed E-state index contributed by atoms with van der Waals surface area (Å²) in [5.74, 6) is -0.254. The van der Waals surface area contributed by atoms with Crippen LogP contribution in [-0.4, -0.2) is 20.8 Å². The number of phenols is 1. The van der Waals surface area contributed by atoms with Crippen LogP contribution < -0.4 is 5.32 Å². The van der Waals surface area contributed by atoms with Gasteiger partial charge < -0.3 is 10.4 Å². The summed E-state index contributed by atoms with van der Waals surface area (Å²) in [6, 6.07) is 6.84. The number of anilines is 1. The fourth-order valence-corrected chi connectivity index (χ4v) is 1.68. The molecule has 1 aromatic carbocycles. The lowest BCUT2D eigenvalue weighted by Crippen LogP contribution is -2.15. The highest BCUT2D eigenvalue weighted by molar-refractivity contribution is 6.06. The molecule has 19 heavy (non-hydrogen) atoms. The molecule has 96 valence electrons. The van der Waals surface area contributed by atoms with E-state index < -0.39 is 5.91 Å². The maximum atomic E-state index is 12.1. The number of amides is 1. The molecule has 2 rings (SSSR count). The molecule has 0 spiro atoms. The summed E-state index contributed by atoms with van der Waals surface area (Å²) in [5, 5.41) is 25.2. The van der Waals surface area contributed by atoms with Crippen LogP contribution in [0.3, 0.4) is 0 Å². The van der Waals surface area contributed by atoms with Gasteiger partial charge in [0.05, 0.1) is 11.8 Å². The van der Waals surface area contributed by atoms with Crippen LogP contribution in [0.15, 0.2) is 24.4 Å². The standard InChI is InChI=1S/C13H12N4O2/c1-8-4-3-5-10(11(8)18)13(19)16-12-9(6-14)7-15-17(12)2/h3-5,7,18H,1-2H3,(H,16,19). The van der Waals surface area contributed by atoms with Crippen molar-refractivity contribution in [3.63, 3.8) is 0 Å². The van der Waals surface area contributed by atoms with E-state index in [9.17, 15) is 9.90 Å². The molecular weight excluding hydrogens is 244 g/mol. The molecule has 6 heteroatoms. The highest BCUT2D eigenvalue weighted by Crippen LogP contribution is 2.23. The van der Waals surface area contributed by atoms with E-state index in [1.165, 1.54) is 16.9 Å². The Labute approximate surface area is 109 Å². The molecule has 0 aliphatic carbocycles. The zero-order valence-electron chi connectivity index (χ0n) is 10.5. The summed E-state index contributed by atoms with van der Waals surface area (Å²) < 4.78 is 1.39. The summed E-state index contributed by atoms with van der Waals surface area (Å²) in [6.45, 7) is 1.71. The Kier molecular flexibility index (Phi) is 3.21. The number of aromatic nitrogens is 2. The van der Waals surface area contributed by atoms with E-state index in [-0.39, 0.29) is 16.9 Å². The molecule has 1 heterocycles. The molecule has 0 aliphatic heterocycles. The number of nitrogens with one attached hydrogen (secondary N) is 1. The topological polar surface area (TPSA) is 90.9 Å². The SMILES string of the molecule is Cc1cccc(C(=O)Nc2c(C#N)cnn2C)c1O. The van der Waals surface area contributed by atoms with Crippen LogP contribution in [0.4, 0.5) is 5.82 Å². The molecule has 0 saturated carbocycles. The monoisotopic (exact) mass is 256 g/mol. The Morgan fingerprint density at radius 2 is 2.26 bits per heavy atom. The van der Waals surface area contributed by atoms with Crippen molar-refractivity contribution < 1.29 is 9.90 Å². The highest BCUT2D eigenvalue weighted by atomic mass is 16.3. The number of phenolic OH excluding ortho intramolecular Hbond substituents is 1. The van der Waals surface area contributed by atoms with Gasteiger partial charge in [-0.05, 0) is 18.6 Å². The minimum Gasteiger partial charge on any atom is -0.507 e. The highest BCUT2D eigenvalue weighted by Gasteiger charge is 2.16. The van der Waals surface area contributed by atoms with Gasteiger partial charge in [0.1, 0.15) is 23.2 Å². The number of hydrogen-bond acceptors (Lipinski definition) is 4. The average molecular weight is 256 g/mol. The summed E-state index contributed by atoms with van der Waals surface area (Å²) in [6.07, 6.45) is 1.37. The van der Waals surface area contributed by atoms with Gasteiger partial charge in [0.25, 0.3) is 5.91 Å². The summed E-state index contributed by atoms with van der Waals surface area (Å²) in [5.41, 5.74) is 1.03. The lowest BCUT2D eigenvalue weighted by Gasteiger charge is -2.08. The molecule has 0 aliphatic rings. The molecular formula is C13H12N4O2. The van der Waals surface area contributed by atoms with Gasteiger partial charge in [-0.1, -0.05) is 12.1 Å². The fraction of sp³-hybridized carbons (Fsp3) is 0.154. The lowest BCUT2D eigenvalue weighted by atomic mass is 10.1. The number of hydrogen-bond donors (Lipinski definition) is 2. The van der Waals surface area contributed by atoms with E-state index in [4.69, 9.17) is 5.26 Å². The van der Waals surface area contributed by atoms with Crippen molar-refractivity contribution in [1.29, 1.82) is 5.26 Å². The third kappa shape index (κ3) is 2.26. The number of rotatable bonds is 2. The zero-order valence-corrected chi connectivity index (χ0v) is 10.5. The first-order valence-corrected chi connectivity index (χ1v) is 5.56. The first-order valence-electron chi connectivity index (χ1n) is 5.56. The lowest BCUT2D eigenvalue weighted by molar-refractivity contribution is 0.102. The van der Waals surface area contributed by atoms with Crippen molar-refractivity contribution in [2.24, 2.45) is 7.05 Å². The summed E-state index contributed by atoms with van der Waals surface area (Å²) in [4.78, 5) is 12.1. The third-order valence-corrected chi connectivity index (χ3v) is 2.77. The van der Waals surface area contributed by atoms with E-state index >= 15 is 0 Å². The van der Waals surface area contributed by atoms with Gasteiger partial charge in [-0.3, -0.25) is 9.48 Å². The second-order valence-corrected chi connectivity index (χ2v) is 4.07. The molecule has 2 aromatic rings. The Morgan fingerprint density at radius 1 is 1.53 bits per heavy atom. The van der Waals surface area contributed by atoms with E-state index in [0.717, 1.165) is 0 Å². The molecule has 0 fully saturated rings. The zero-order chi connectivity index (χ0) is 14.0. The molecule has 0 unspecified atom stereocenters. The number of aryl methyl sites for hydroxylation is 2. The molecule has 0 saturated heterocycles. The normalized spacial score (nSPS) is 9.95. The van der Waals surface area contributed by atoms with Gasteiger partial charge in [-0.2, -0.15) is 10.4 Å². The van der Waals surface area contributed by atoms with Gasteiger partial charge in [0, 0.05) is 7.05 Å². The molecule has 0 bridgehead atoms. The number of nitrogens with zero attached hydrogens (tertiary/aromatic N) is 3. The van der Waals surface area contributed by atoms with Gasteiger partial charge in [-0.15, -0.1) is 0 Å². The number of carbonyl (C=O) groups is 1. The Balaban J connectivity index is 2.34. The van der Waals surface area contributed by atoms with Crippen molar-refractivity contribution in [1.82, 2.24) is 9.78 Å². The van der Waals surface area contributed by atoms with Crippen LogP contribution >= 0.6 is 0 Å². The number of benzene rings is 1. The minimum atomic E-state index is -0.485. The van der Waals surface area contributed by atoms with Crippen molar-refractivity contribution >= 4 is 11.7 Å². The number of carbonyl (C=O) groups excluding carboxylic acids is 1. The molecule has 0 radical (unpaired) electrons. The van der Waals surface area contributed by atoms with Crippen molar-refractivity contribution in [3.8, 4) is 11.8 Å². The largest absolute Gasteiger partial charge is 0.507 e. The molecule has 0 atom stereocenters. The van der Waals surface area contributed by atoms with E-state index in [2.05, 4.69) is 10.4 Å².